The predicted octanol–water partition coefficient (Wildman–Crippen LogP) is 3.30. The van der Waals surface area contributed by atoms with Crippen molar-refractivity contribution in [3.8, 4) is 0 Å². The molecule has 0 radical (unpaired) electrons. The third-order valence-corrected chi connectivity index (χ3v) is 4.42. The Morgan fingerprint density at radius 3 is 2.19 bits per heavy atom. The van der Waals surface area contributed by atoms with Crippen molar-refractivity contribution in [2.75, 3.05) is 13.1 Å². The maximum absolute atomic E-state index is 12.3. The van der Waals surface area contributed by atoms with Crippen LogP contribution < -0.4 is 5.32 Å². The second-order valence-electron chi connectivity index (χ2n) is 6.07. The molecule has 2 aromatic carbocycles. The molecule has 0 aliphatic heterocycles. The van der Waals surface area contributed by atoms with Gasteiger partial charge in [0.25, 0.3) is 5.69 Å². The van der Waals surface area contributed by atoms with Gasteiger partial charge in [-0.05, 0) is 24.2 Å². The van der Waals surface area contributed by atoms with Gasteiger partial charge in [-0.2, -0.15) is 0 Å². The van der Waals surface area contributed by atoms with Crippen LogP contribution >= 0.6 is 0 Å². The number of nitrogens with zero attached hydrogens (tertiary/aromatic N) is 2. The summed E-state index contributed by atoms with van der Waals surface area (Å²) in [5.74, 6) is -0.225. The number of amides is 1. The van der Waals surface area contributed by atoms with Crippen LogP contribution in [0.15, 0.2) is 48.5 Å². The van der Waals surface area contributed by atoms with Gasteiger partial charge in [-0.25, -0.2) is 0 Å². The van der Waals surface area contributed by atoms with E-state index in [1.807, 2.05) is 18.2 Å². The van der Waals surface area contributed by atoms with E-state index in [9.17, 15) is 14.9 Å². The van der Waals surface area contributed by atoms with Crippen molar-refractivity contribution in [3.05, 3.63) is 75.3 Å². The molecule has 0 aliphatic carbocycles. The summed E-state index contributed by atoms with van der Waals surface area (Å²) in [5, 5.41) is 13.9. The van der Waals surface area contributed by atoms with Crippen LogP contribution in [0.25, 0.3) is 0 Å². The largest absolute Gasteiger partial charge is 0.352 e. The lowest BCUT2D eigenvalue weighted by molar-refractivity contribution is -0.385. The number of hydrogen-bond donors (Lipinski definition) is 1. The van der Waals surface area contributed by atoms with E-state index in [-0.39, 0.29) is 18.0 Å². The monoisotopic (exact) mass is 355 g/mol. The van der Waals surface area contributed by atoms with Gasteiger partial charge < -0.3 is 5.32 Å². The first-order chi connectivity index (χ1) is 12.5. The summed E-state index contributed by atoms with van der Waals surface area (Å²) in [7, 11) is 0. The smallest absolute Gasteiger partial charge is 0.273 e. The minimum absolute atomic E-state index is 0.00460. The Kier molecular flexibility index (Phi) is 7.29. The highest BCUT2D eigenvalue weighted by molar-refractivity contribution is 5.79. The summed E-state index contributed by atoms with van der Waals surface area (Å²) in [4.78, 5) is 25.2. The molecule has 0 heterocycles. The lowest BCUT2D eigenvalue weighted by Gasteiger charge is -2.20. The van der Waals surface area contributed by atoms with Gasteiger partial charge in [0.1, 0.15) is 0 Å². The molecule has 2 rings (SSSR count). The molecule has 0 saturated heterocycles. The summed E-state index contributed by atoms with van der Waals surface area (Å²) in [5.41, 5.74) is 2.65. The SMILES string of the molecule is CCN(CC)Cc1ccccc1CNC(=O)Cc1ccccc1[N+](=O)[O-]. The first-order valence-corrected chi connectivity index (χ1v) is 8.83. The Labute approximate surface area is 154 Å². The predicted molar refractivity (Wildman–Crippen MR) is 102 cm³/mol. The second-order valence-corrected chi connectivity index (χ2v) is 6.07. The van der Waals surface area contributed by atoms with Crippen LogP contribution in [0.5, 0.6) is 0 Å². The van der Waals surface area contributed by atoms with Gasteiger partial charge in [-0.15, -0.1) is 0 Å². The van der Waals surface area contributed by atoms with Crippen molar-refractivity contribution in [2.45, 2.75) is 33.4 Å². The van der Waals surface area contributed by atoms with E-state index in [0.29, 0.717) is 12.1 Å². The highest BCUT2D eigenvalue weighted by atomic mass is 16.6. The average molecular weight is 355 g/mol. The quantitative estimate of drug-likeness (QED) is 0.553. The van der Waals surface area contributed by atoms with Gasteiger partial charge in [0.05, 0.1) is 11.3 Å². The first-order valence-electron chi connectivity index (χ1n) is 8.83. The Hall–Kier alpha value is -2.73. The summed E-state index contributed by atoms with van der Waals surface area (Å²) in [6, 6.07) is 14.4. The second kappa shape index (κ2) is 9.68. The molecule has 0 atom stereocenters. The van der Waals surface area contributed by atoms with E-state index in [4.69, 9.17) is 0 Å². The molecule has 1 amide bonds. The molecule has 138 valence electrons. The zero-order chi connectivity index (χ0) is 18.9. The van der Waals surface area contributed by atoms with Crippen molar-refractivity contribution >= 4 is 11.6 Å². The topological polar surface area (TPSA) is 75.5 Å². The maximum Gasteiger partial charge on any atom is 0.273 e. The van der Waals surface area contributed by atoms with E-state index in [0.717, 1.165) is 25.2 Å². The molecule has 0 saturated carbocycles. The number of carbonyl (C=O) groups is 1. The van der Waals surface area contributed by atoms with Crippen molar-refractivity contribution in [3.63, 3.8) is 0 Å². The van der Waals surface area contributed by atoms with Crippen LogP contribution in [0.1, 0.15) is 30.5 Å². The van der Waals surface area contributed by atoms with Gasteiger partial charge in [0.2, 0.25) is 5.91 Å². The number of hydrogen-bond acceptors (Lipinski definition) is 4. The van der Waals surface area contributed by atoms with Crippen LogP contribution in [0, 0.1) is 10.1 Å². The van der Waals surface area contributed by atoms with E-state index in [1.54, 1.807) is 18.2 Å². The van der Waals surface area contributed by atoms with Gasteiger partial charge in [0, 0.05) is 24.7 Å². The number of nitro benzene ring substituents is 1. The fourth-order valence-electron chi connectivity index (χ4n) is 2.84. The zero-order valence-corrected chi connectivity index (χ0v) is 15.3. The number of nitro groups is 1. The third-order valence-electron chi connectivity index (χ3n) is 4.42. The van der Waals surface area contributed by atoms with Crippen LogP contribution in [0.4, 0.5) is 5.69 Å². The van der Waals surface area contributed by atoms with Gasteiger partial charge in [0.15, 0.2) is 0 Å². The molecule has 0 aliphatic rings. The minimum atomic E-state index is -0.456. The van der Waals surface area contributed by atoms with Crippen LogP contribution in [0.3, 0.4) is 0 Å². The summed E-state index contributed by atoms with van der Waals surface area (Å²) in [6.07, 6.45) is -0.00460. The van der Waals surface area contributed by atoms with Crippen LogP contribution in [-0.4, -0.2) is 28.8 Å². The number of para-hydroxylation sites is 1. The van der Waals surface area contributed by atoms with Crippen LogP contribution in [-0.2, 0) is 24.3 Å². The fraction of sp³-hybridized carbons (Fsp3) is 0.350. The zero-order valence-electron chi connectivity index (χ0n) is 15.3. The molecule has 0 aromatic heterocycles. The average Bonchev–Trinajstić information content (AvgIpc) is 2.65. The van der Waals surface area contributed by atoms with Crippen LogP contribution in [0.2, 0.25) is 0 Å². The third kappa shape index (κ3) is 5.39. The Morgan fingerprint density at radius 1 is 1.00 bits per heavy atom. The number of rotatable bonds is 9. The summed E-state index contributed by atoms with van der Waals surface area (Å²) >= 11 is 0. The number of nitrogens with one attached hydrogen (secondary N) is 1. The summed E-state index contributed by atoms with van der Waals surface area (Å²) < 4.78 is 0. The molecular weight excluding hydrogens is 330 g/mol. The highest BCUT2D eigenvalue weighted by Gasteiger charge is 2.15. The Balaban J connectivity index is 2.01. The van der Waals surface area contributed by atoms with Crippen molar-refractivity contribution < 1.29 is 9.72 Å². The highest BCUT2D eigenvalue weighted by Crippen LogP contribution is 2.18. The summed E-state index contributed by atoms with van der Waals surface area (Å²) in [6.45, 7) is 7.44. The fourth-order valence-corrected chi connectivity index (χ4v) is 2.84. The molecule has 0 spiro atoms. The van der Waals surface area contributed by atoms with E-state index >= 15 is 0 Å². The van der Waals surface area contributed by atoms with Crippen molar-refractivity contribution in [1.82, 2.24) is 10.2 Å². The lowest BCUT2D eigenvalue weighted by atomic mass is 10.1. The molecule has 6 heteroatoms. The van der Waals surface area contributed by atoms with Crippen molar-refractivity contribution in [1.29, 1.82) is 0 Å². The lowest BCUT2D eigenvalue weighted by Crippen LogP contribution is -2.27. The molecule has 6 nitrogen and oxygen atoms in total. The Bertz CT molecular complexity index is 757. The van der Waals surface area contributed by atoms with E-state index < -0.39 is 4.92 Å². The molecule has 0 unspecified atom stereocenters. The van der Waals surface area contributed by atoms with Gasteiger partial charge in [-0.1, -0.05) is 56.3 Å². The first kappa shape index (κ1) is 19.6. The molecular formula is C20H25N3O3. The molecule has 0 fully saturated rings. The van der Waals surface area contributed by atoms with Crippen molar-refractivity contribution in [2.24, 2.45) is 0 Å². The van der Waals surface area contributed by atoms with E-state index in [1.165, 1.54) is 11.6 Å². The molecule has 2 aromatic rings. The molecule has 26 heavy (non-hydrogen) atoms. The Morgan fingerprint density at radius 2 is 1.58 bits per heavy atom. The minimum Gasteiger partial charge on any atom is -0.352 e. The van der Waals surface area contributed by atoms with E-state index in [2.05, 4.69) is 30.1 Å². The normalized spacial score (nSPS) is 10.7. The van der Waals surface area contributed by atoms with Gasteiger partial charge in [-0.3, -0.25) is 19.8 Å². The number of benzene rings is 2. The molecule has 0 bridgehead atoms. The standard InChI is InChI=1S/C20H25N3O3/c1-3-22(4-2)15-18-11-6-5-10-17(18)14-21-20(24)13-16-9-7-8-12-19(16)23(25)26/h5-12H,3-4,13-15H2,1-2H3,(H,21,24). The molecule has 1 N–H and O–H groups in total. The number of carbonyl (C=O) groups excluding carboxylic acids is 1. The maximum atomic E-state index is 12.3. The van der Waals surface area contributed by atoms with Gasteiger partial charge >= 0.3 is 0 Å².